The summed E-state index contributed by atoms with van der Waals surface area (Å²) in [5.41, 5.74) is 0.888. The molecule has 2 aromatic carbocycles. The van der Waals surface area contributed by atoms with Crippen LogP contribution in [0.1, 0.15) is 31.2 Å². The van der Waals surface area contributed by atoms with Gasteiger partial charge in [-0.25, -0.2) is 8.78 Å². The highest BCUT2D eigenvalue weighted by Crippen LogP contribution is 2.30. The first-order valence-corrected chi connectivity index (χ1v) is 9.10. The highest BCUT2D eigenvalue weighted by Gasteiger charge is 2.30. The van der Waals surface area contributed by atoms with Gasteiger partial charge in [-0.2, -0.15) is 0 Å². The maximum atomic E-state index is 13.6. The summed E-state index contributed by atoms with van der Waals surface area (Å²) in [6.45, 7) is 0.158. The Hall–Kier alpha value is -2.76. The molecule has 0 aromatic heterocycles. The third-order valence-electron chi connectivity index (χ3n) is 4.97. The molecule has 142 valence electrons. The van der Waals surface area contributed by atoms with Crippen LogP contribution in [0.2, 0.25) is 0 Å². The van der Waals surface area contributed by atoms with Crippen LogP contribution in [0.3, 0.4) is 0 Å². The van der Waals surface area contributed by atoms with Gasteiger partial charge in [-0.15, -0.1) is 0 Å². The molecule has 2 aromatic rings. The highest BCUT2D eigenvalue weighted by atomic mass is 19.1. The lowest BCUT2D eigenvalue weighted by Gasteiger charge is -2.27. The van der Waals surface area contributed by atoms with Crippen molar-refractivity contribution in [1.29, 1.82) is 0 Å². The summed E-state index contributed by atoms with van der Waals surface area (Å²) in [6, 6.07) is 12.1. The Labute approximate surface area is 157 Å². The SMILES string of the molecule is O=C(NCc1ccccc1F)C1CCC(C(=O)Nc2cccc(F)c2)CC1. The molecular formula is C21H22F2N2O2. The van der Waals surface area contributed by atoms with Gasteiger partial charge < -0.3 is 10.6 Å². The van der Waals surface area contributed by atoms with E-state index in [4.69, 9.17) is 0 Å². The van der Waals surface area contributed by atoms with Crippen molar-refractivity contribution in [3.63, 3.8) is 0 Å². The summed E-state index contributed by atoms with van der Waals surface area (Å²) in [4.78, 5) is 24.6. The zero-order valence-electron chi connectivity index (χ0n) is 14.9. The fraction of sp³-hybridized carbons (Fsp3) is 0.333. The first-order valence-electron chi connectivity index (χ1n) is 9.10. The number of rotatable bonds is 5. The maximum absolute atomic E-state index is 13.6. The molecule has 27 heavy (non-hydrogen) atoms. The topological polar surface area (TPSA) is 58.2 Å². The number of nitrogens with one attached hydrogen (secondary N) is 2. The number of carbonyl (C=O) groups excluding carboxylic acids is 2. The van der Waals surface area contributed by atoms with Crippen LogP contribution in [-0.2, 0) is 16.1 Å². The van der Waals surface area contributed by atoms with Crippen molar-refractivity contribution < 1.29 is 18.4 Å². The van der Waals surface area contributed by atoms with E-state index in [9.17, 15) is 18.4 Å². The van der Waals surface area contributed by atoms with Crippen LogP contribution >= 0.6 is 0 Å². The molecule has 2 N–H and O–H groups in total. The van der Waals surface area contributed by atoms with Gasteiger partial charge in [-0.1, -0.05) is 24.3 Å². The van der Waals surface area contributed by atoms with Crippen LogP contribution < -0.4 is 10.6 Å². The molecule has 0 spiro atoms. The average molecular weight is 372 g/mol. The normalized spacial score (nSPS) is 19.3. The summed E-state index contributed by atoms with van der Waals surface area (Å²) in [5, 5.41) is 5.51. The summed E-state index contributed by atoms with van der Waals surface area (Å²) in [6.07, 6.45) is 2.40. The number of benzene rings is 2. The summed E-state index contributed by atoms with van der Waals surface area (Å²) < 4.78 is 26.8. The zero-order valence-corrected chi connectivity index (χ0v) is 14.9. The number of hydrogen-bond acceptors (Lipinski definition) is 2. The molecule has 4 nitrogen and oxygen atoms in total. The molecule has 0 heterocycles. The Morgan fingerprint density at radius 1 is 0.889 bits per heavy atom. The largest absolute Gasteiger partial charge is 0.352 e. The minimum atomic E-state index is -0.400. The standard InChI is InChI=1S/C21H22F2N2O2/c22-17-5-3-6-18(12-17)25-21(27)15-10-8-14(9-11-15)20(26)24-13-16-4-1-2-7-19(16)23/h1-7,12,14-15H,8-11,13H2,(H,24,26)(H,25,27). The van der Waals surface area contributed by atoms with Gasteiger partial charge in [0, 0.05) is 29.6 Å². The smallest absolute Gasteiger partial charge is 0.227 e. The van der Waals surface area contributed by atoms with E-state index >= 15 is 0 Å². The summed E-state index contributed by atoms with van der Waals surface area (Å²) in [5.74, 6) is -1.36. The van der Waals surface area contributed by atoms with Crippen molar-refractivity contribution in [1.82, 2.24) is 5.32 Å². The Morgan fingerprint density at radius 2 is 1.56 bits per heavy atom. The third kappa shape index (κ3) is 5.12. The predicted octanol–water partition coefficient (Wildman–Crippen LogP) is 4.03. The summed E-state index contributed by atoms with van der Waals surface area (Å²) in [7, 11) is 0. The van der Waals surface area contributed by atoms with E-state index in [1.54, 1.807) is 30.3 Å². The van der Waals surface area contributed by atoms with Crippen molar-refractivity contribution in [3.05, 3.63) is 65.7 Å². The number of carbonyl (C=O) groups is 2. The average Bonchev–Trinajstić information content (AvgIpc) is 2.67. The van der Waals surface area contributed by atoms with Gasteiger partial charge in [0.1, 0.15) is 11.6 Å². The Balaban J connectivity index is 1.46. The molecule has 1 saturated carbocycles. The van der Waals surface area contributed by atoms with Gasteiger partial charge >= 0.3 is 0 Å². The number of amides is 2. The number of hydrogen-bond donors (Lipinski definition) is 2. The Kier molecular flexibility index (Phi) is 6.16. The second-order valence-electron chi connectivity index (χ2n) is 6.86. The monoisotopic (exact) mass is 372 g/mol. The second-order valence-corrected chi connectivity index (χ2v) is 6.86. The molecule has 0 saturated heterocycles. The van der Waals surface area contributed by atoms with Crippen molar-refractivity contribution in [2.75, 3.05) is 5.32 Å². The molecule has 3 rings (SSSR count). The lowest BCUT2D eigenvalue weighted by atomic mass is 9.81. The predicted molar refractivity (Wildman–Crippen MR) is 98.7 cm³/mol. The fourth-order valence-electron chi connectivity index (χ4n) is 3.40. The van der Waals surface area contributed by atoms with Crippen molar-refractivity contribution in [2.45, 2.75) is 32.2 Å². The molecule has 1 aliphatic carbocycles. The van der Waals surface area contributed by atoms with Crippen LogP contribution in [0.4, 0.5) is 14.5 Å². The number of halogens is 2. The van der Waals surface area contributed by atoms with E-state index in [0.717, 1.165) is 0 Å². The van der Waals surface area contributed by atoms with Gasteiger partial charge in [0.2, 0.25) is 11.8 Å². The van der Waals surface area contributed by atoms with Crippen molar-refractivity contribution in [2.24, 2.45) is 11.8 Å². The number of anilines is 1. The van der Waals surface area contributed by atoms with E-state index in [0.29, 0.717) is 36.9 Å². The van der Waals surface area contributed by atoms with E-state index < -0.39 is 5.82 Å². The molecule has 0 aliphatic heterocycles. The van der Waals surface area contributed by atoms with Crippen molar-refractivity contribution >= 4 is 17.5 Å². The van der Waals surface area contributed by atoms with Crippen LogP contribution in [0.5, 0.6) is 0 Å². The Bertz CT molecular complexity index is 817. The van der Waals surface area contributed by atoms with Crippen molar-refractivity contribution in [3.8, 4) is 0 Å². The fourth-order valence-corrected chi connectivity index (χ4v) is 3.40. The van der Waals surface area contributed by atoms with E-state index in [-0.39, 0.29) is 36.0 Å². The first kappa shape index (κ1) is 19.0. The first-order chi connectivity index (χ1) is 13.0. The lowest BCUT2D eigenvalue weighted by molar-refractivity contribution is -0.128. The van der Waals surface area contributed by atoms with Gasteiger partial charge in [0.25, 0.3) is 0 Å². The summed E-state index contributed by atoms with van der Waals surface area (Å²) >= 11 is 0. The highest BCUT2D eigenvalue weighted by molar-refractivity contribution is 5.92. The van der Waals surface area contributed by atoms with E-state index in [1.165, 1.54) is 18.2 Å². The second kappa shape index (κ2) is 8.75. The molecule has 2 amide bonds. The maximum Gasteiger partial charge on any atom is 0.227 e. The zero-order chi connectivity index (χ0) is 19.2. The lowest BCUT2D eigenvalue weighted by Crippen LogP contribution is -2.35. The molecule has 1 aliphatic rings. The minimum Gasteiger partial charge on any atom is -0.352 e. The molecule has 6 heteroatoms. The molecule has 0 radical (unpaired) electrons. The van der Waals surface area contributed by atoms with E-state index in [1.807, 2.05) is 0 Å². The quantitative estimate of drug-likeness (QED) is 0.833. The molecule has 0 atom stereocenters. The van der Waals surface area contributed by atoms with Crippen LogP contribution in [0.25, 0.3) is 0 Å². The van der Waals surface area contributed by atoms with Crippen LogP contribution in [0.15, 0.2) is 48.5 Å². The third-order valence-corrected chi connectivity index (χ3v) is 4.97. The van der Waals surface area contributed by atoms with Crippen LogP contribution in [0, 0.1) is 23.5 Å². The van der Waals surface area contributed by atoms with Gasteiger partial charge in [-0.05, 0) is 49.9 Å². The molecule has 1 fully saturated rings. The van der Waals surface area contributed by atoms with Gasteiger partial charge in [0.15, 0.2) is 0 Å². The van der Waals surface area contributed by atoms with Crippen LogP contribution in [-0.4, -0.2) is 11.8 Å². The molecular weight excluding hydrogens is 350 g/mol. The van der Waals surface area contributed by atoms with Gasteiger partial charge in [-0.3, -0.25) is 9.59 Å². The molecule has 0 unspecified atom stereocenters. The Morgan fingerprint density at radius 3 is 2.22 bits per heavy atom. The molecule has 0 bridgehead atoms. The minimum absolute atomic E-state index is 0.109. The van der Waals surface area contributed by atoms with Gasteiger partial charge in [0.05, 0.1) is 0 Å². The van der Waals surface area contributed by atoms with E-state index in [2.05, 4.69) is 10.6 Å².